The predicted octanol–water partition coefficient (Wildman–Crippen LogP) is 3.49. The summed E-state index contributed by atoms with van der Waals surface area (Å²) >= 11 is 1.43. The molecule has 6 heteroatoms. The molecule has 0 bridgehead atoms. The van der Waals surface area contributed by atoms with E-state index in [4.69, 9.17) is 14.6 Å². The minimum absolute atomic E-state index is 0.000713. The molecule has 0 fully saturated rings. The lowest BCUT2D eigenvalue weighted by Crippen LogP contribution is -2.10. The Balaban J connectivity index is 1.86. The van der Waals surface area contributed by atoms with Crippen molar-refractivity contribution in [1.29, 1.82) is 0 Å². The van der Waals surface area contributed by atoms with Crippen LogP contribution >= 0.6 is 11.8 Å². The first-order chi connectivity index (χ1) is 11.6. The van der Waals surface area contributed by atoms with Gasteiger partial charge in [-0.2, -0.15) is 0 Å². The summed E-state index contributed by atoms with van der Waals surface area (Å²) in [6.07, 6.45) is 1.79. The Labute approximate surface area is 142 Å². The van der Waals surface area contributed by atoms with Crippen LogP contribution in [-0.4, -0.2) is 30.6 Å². The topological polar surface area (TPSA) is 72.8 Å². The van der Waals surface area contributed by atoms with Crippen LogP contribution in [0.25, 0.3) is 6.08 Å². The Kier molecular flexibility index (Phi) is 4.57. The molecule has 1 N–H and O–H groups in total. The lowest BCUT2D eigenvalue weighted by atomic mass is 10.1. The zero-order valence-electron chi connectivity index (χ0n) is 12.8. The van der Waals surface area contributed by atoms with Crippen molar-refractivity contribution in [2.24, 2.45) is 0 Å². The van der Waals surface area contributed by atoms with E-state index in [1.165, 1.54) is 18.9 Å². The number of hydrogen-bond acceptors (Lipinski definition) is 5. The van der Waals surface area contributed by atoms with Gasteiger partial charge in [0.2, 0.25) is 5.78 Å². The van der Waals surface area contributed by atoms with Crippen LogP contribution in [0.4, 0.5) is 0 Å². The van der Waals surface area contributed by atoms with Crippen LogP contribution in [-0.2, 0) is 4.79 Å². The van der Waals surface area contributed by atoms with E-state index < -0.39 is 12.6 Å². The quantitative estimate of drug-likeness (QED) is 0.839. The third-order valence-electron chi connectivity index (χ3n) is 3.41. The van der Waals surface area contributed by atoms with Gasteiger partial charge in [-0.05, 0) is 35.9 Å². The highest BCUT2D eigenvalue weighted by molar-refractivity contribution is 8.04. The Hall–Kier alpha value is -2.73. The van der Waals surface area contributed by atoms with Crippen LogP contribution in [0, 0.1) is 0 Å². The normalized spacial score (nSPS) is 14.5. The highest BCUT2D eigenvalue weighted by Gasteiger charge is 2.25. The van der Waals surface area contributed by atoms with Crippen molar-refractivity contribution in [2.45, 2.75) is 4.90 Å². The number of hydrogen-bond donors (Lipinski definition) is 1. The molecule has 0 unspecified atom stereocenters. The number of Topliss-reactive ketones (excluding diaryl/α,β-unsaturated/α-hetero) is 1. The molecule has 122 valence electrons. The van der Waals surface area contributed by atoms with Gasteiger partial charge < -0.3 is 14.6 Å². The molecular weight excluding hydrogens is 328 g/mol. The Bertz CT molecular complexity index is 841. The van der Waals surface area contributed by atoms with Gasteiger partial charge in [0.25, 0.3) is 0 Å². The molecule has 0 amide bonds. The minimum atomic E-state index is -1.06. The molecule has 0 saturated heterocycles. The lowest BCUT2D eigenvalue weighted by Gasteiger charge is -2.09. The van der Waals surface area contributed by atoms with Crippen molar-refractivity contribution < 1.29 is 24.2 Å². The zero-order valence-corrected chi connectivity index (χ0v) is 13.6. The number of carbonyl (C=O) groups is 2. The average molecular weight is 342 g/mol. The second-order valence-electron chi connectivity index (χ2n) is 5.03. The van der Waals surface area contributed by atoms with Crippen molar-refractivity contribution in [3.63, 3.8) is 0 Å². The van der Waals surface area contributed by atoms with E-state index in [-0.39, 0.29) is 5.78 Å². The molecule has 5 nitrogen and oxygen atoms in total. The largest absolute Gasteiger partial charge is 0.493 e. The number of rotatable bonds is 5. The predicted molar refractivity (Wildman–Crippen MR) is 90.7 cm³/mol. The summed E-state index contributed by atoms with van der Waals surface area (Å²) in [5, 5.41) is 8.68. The molecule has 2 aromatic carbocycles. The second-order valence-corrected chi connectivity index (χ2v) is 6.11. The third kappa shape index (κ3) is 3.28. The fraction of sp³-hybridized carbons (Fsp3) is 0.111. The number of ketones is 1. The monoisotopic (exact) mass is 342 g/mol. The fourth-order valence-corrected chi connectivity index (χ4v) is 3.37. The summed E-state index contributed by atoms with van der Waals surface area (Å²) in [5.41, 5.74) is 1.49. The Morgan fingerprint density at radius 2 is 2.00 bits per heavy atom. The van der Waals surface area contributed by atoms with E-state index >= 15 is 0 Å². The molecule has 24 heavy (non-hydrogen) atoms. The molecule has 1 aliphatic heterocycles. The second kappa shape index (κ2) is 6.80. The van der Waals surface area contributed by atoms with Gasteiger partial charge in [0.15, 0.2) is 18.1 Å². The van der Waals surface area contributed by atoms with Crippen LogP contribution in [0.5, 0.6) is 11.5 Å². The molecule has 0 aromatic heterocycles. The number of aliphatic carboxylic acids is 1. The summed E-state index contributed by atoms with van der Waals surface area (Å²) in [6, 6.07) is 12.6. The van der Waals surface area contributed by atoms with Crippen molar-refractivity contribution in [2.75, 3.05) is 13.7 Å². The first-order valence-electron chi connectivity index (χ1n) is 7.14. The number of methoxy groups -OCH3 is 1. The molecule has 0 saturated carbocycles. The smallest absolute Gasteiger partial charge is 0.341 e. The summed E-state index contributed by atoms with van der Waals surface area (Å²) in [6.45, 7) is -0.444. The number of allylic oxidation sites excluding steroid dienone is 1. The van der Waals surface area contributed by atoms with Crippen LogP contribution in [0.1, 0.15) is 15.9 Å². The number of benzene rings is 2. The summed E-state index contributed by atoms with van der Waals surface area (Å²) in [7, 11) is 1.48. The van der Waals surface area contributed by atoms with Crippen molar-refractivity contribution >= 4 is 29.6 Å². The summed E-state index contributed by atoms with van der Waals surface area (Å²) in [5.74, 6) is -0.302. The molecule has 0 radical (unpaired) electrons. The zero-order chi connectivity index (χ0) is 17.1. The van der Waals surface area contributed by atoms with E-state index in [0.29, 0.717) is 22.0 Å². The molecule has 1 aliphatic rings. The van der Waals surface area contributed by atoms with E-state index in [2.05, 4.69) is 0 Å². The first-order valence-corrected chi connectivity index (χ1v) is 7.96. The number of carboxylic acid groups (broad SMARTS) is 1. The maximum atomic E-state index is 12.4. The van der Waals surface area contributed by atoms with Gasteiger partial charge in [0.05, 0.1) is 12.0 Å². The summed E-state index contributed by atoms with van der Waals surface area (Å²) in [4.78, 5) is 24.6. The van der Waals surface area contributed by atoms with Gasteiger partial charge in [0.1, 0.15) is 0 Å². The number of carbonyl (C=O) groups excluding carboxylic acids is 1. The standard InChI is InChI=1S/C18H14O5S/c1-22-14-8-11(6-7-13(14)23-10-17(19)20)9-16-18(21)12-4-2-3-5-15(12)24-16/h2-9H,10H2,1H3,(H,19,20)/b16-9-. The SMILES string of the molecule is COc1cc(/C=C2\Sc3ccccc3C2=O)ccc1OCC(=O)O. The third-order valence-corrected chi connectivity index (χ3v) is 4.51. The molecular formula is C18H14O5S. The fourth-order valence-electron chi connectivity index (χ4n) is 2.32. The van der Waals surface area contributed by atoms with Gasteiger partial charge >= 0.3 is 5.97 Å². The molecule has 1 heterocycles. The molecule has 0 atom stereocenters. The van der Waals surface area contributed by atoms with Crippen LogP contribution < -0.4 is 9.47 Å². The van der Waals surface area contributed by atoms with Gasteiger partial charge in [-0.3, -0.25) is 4.79 Å². The van der Waals surface area contributed by atoms with Crippen molar-refractivity contribution in [3.8, 4) is 11.5 Å². The van der Waals surface area contributed by atoms with Crippen LogP contribution in [0.3, 0.4) is 0 Å². The average Bonchev–Trinajstić information content (AvgIpc) is 2.89. The Morgan fingerprint density at radius 3 is 2.71 bits per heavy atom. The van der Waals surface area contributed by atoms with Gasteiger partial charge in [0, 0.05) is 10.5 Å². The molecule has 3 rings (SSSR count). The lowest BCUT2D eigenvalue weighted by molar-refractivity contribution is -0.139. The van der Waals surface area contributed by atoms with E-state index in [0.717, 1.165) is 10.5 Å². The molecule has 0 spiro atoms. The van der Waals surface area contributed by atoms with E-state index in [1.54, 1.807) is 24.3 Å². The maximum absolute atomic E-state index is 12.4. The number of carboxylic acids is 1. The van der Waals surface area contributed by atoms with Crippen molar-refractivity contribution in [1.82, 2.24) is 0 Å². The highest BCUT2D eigenvalue weighted by Crippen LogP contribution is 2.41. The Morgan fingerprint density at radius 1 is 1.21 bits per heavy atom. The number of thioether (sulfide) groups is 1. The van der Waals surface area contributed by atoms with Gasteiger partial charge in [-0.1, -0.05) is 30.0 Å². The maximum Gasteiger partial charge on any atom is 0.341 e. The summed E-state index contributed by atoms with van der Waals surface area (Å²) < 4.78 is 10.4. The van der Waals surface area contributed by atoms with Crippen molar-refractivity contribution in [3.05, 3.63) is 58.5 Å². The first kappa shape index (κ1) is 16.1. The number of fused-ring (bicyclic) bond motifs is 1. The molecule has 0 aliphatic carbocycles. The van der Waals surface area contributed by atoms with Crippen LogP contribution in [0.2, 0.25) is 0 Å². The highest BCUT2D eigenvalue weighted by atomic mass is 32.2. The number of ether oxygens (including phenoxy) is 2. The van der Waals surface area contributed by atoms with E-state index in [9.17, 15) is 9.59 Å². The van der Waals surface area contributed by atoms with E-state index in [1.807, 2.05) is 24.3 Å². The molecule has 2 aromatic rings. The van der Waals surface area contributed by atoms with Gasteiger partial charge in [-0.25, -0.2) is 4.79 Å². The van der Waals surface area contributed by atoms with Gasteiger partial charge in [-0.15, -0.1) is 0 Å². The van der Waals surface area contributed by atoms with Crippen LogP contribution in [0.15, 0.2) is 52.3 Å². The minimum Gasteiger partial charge on any atom is -0.493 e.